The molecule has 0 fully saturated rings. The van der Waals surface area contributed by atoms with Crippen LogP contribution in [0.15, 0.2) is 59.8 Å². The first-order valence-corrected chi connectivity index (χ1v) is 6.96. The Hall–Kier alpha value is -3.28. The lowest BCUT2D eigenvalue weighted by atomic mass is 10.1. The molecule has 3 rings (SSSR count). The van der Waals surface area contributed by atoms with E-state index in [9.17, 15) is 4.79 Å². The Kier molecular flexibility index (Phi) is 3.72. The minimum atomic E-state index is -0.933. The molecule has 114 valence electrons. The van der Waals surface area contributed by atoms with Crippen molar-refractivity contribution in [3.05, 3.63) is 71.4 Å². The van der Waals surface area contributed by atoms with Gasteiger partial charge in [-0.05, 0) is 42.0 Å². The molecule has 0 radical (unpaired) electrons. The molecule has 1 aromatic heterocycles. The summed E-state index contributed by atoms with van der Waals surface area (Å²) in [6.07, 6.45) is 1.95. The van der Waals surface area contributed by atoms with Crippen LogP contribution in [0.3, 0.4) is 0 Å². The molecule has 0 saturated carbocycles. The number of aromatic nitrogens is 1. The number of benzene rings is 2. The number of nitrogens with one attached hydrogen (secondary N) is 2. The van der Waals surface area contributed by atoms with E-state index in [0.717, 1.165) is 16.5 Å². The van der Waals surface area contributed by atoms with Gasteiger partial charge < -0.3 is 9.67 Å². The molecule has 0 aliphatic carbocycles. The second-order valence-corrected chi connectivity index (χ2v) is 5.18. The Labute approximate surface area is 132 Å². The highest BCUT2D eigenvalue weighted by Gasteiger charge is 2.07. The average molecular weight is 306 g/mol. The number of carboxylic acid groups (broad SMARTS) is 1. The van der Waals surface area contributed by atoms with E-state index in [1.54, 1.807) is 30.3 Å². The quantitative estimate of drug-likeness (QED) is 0.388. The standard InChI is InChI=1S/C17H14N4O2/c18-16(20-19)14-5-6-15-13(9-14)7-8-21(15)10-11-1-3-12(4-2-11)17(22)23/h1-9,18-19H,10H2,(H,22,23). The van der Waals surface area contributed by atoms with Crippen molar-refractivity contribution >= 4 is 22.7 Å². The van der Waals surface area contributed by atoms with E-state index in [2.05, 4.69) is 9.68 Å². The maximum absolute atomic E-state index is 10.9. The van der Waals surface area contributed by atoms with Crippen molar-refractivity contribution in [2.45, 2.75) is 6.54 Å². The molecule has 6 heteroatoms. The number of aromatic carboxylic acids is 1. The van der Waals surface area contributed by atoms with Crippen LogP contribution in [0.25, 0.3) is 10.9 Å². The van der Waals surface area contributed by atoms with Crippen molar-refractivity contribution in [3.63, 3.8) is 0 Å². The molecule has 0 unspecified atom stereocenters. The van der Waals surface area contributed by atoms with Gasteiger partial charge in [0, 0.05) is 29.2 Å². The van der Waals surface area contributed by atoms with Crippen LogP contribution in [0.2, 0.25) is 0 Å². The third kappa shape index (κ3) is 2.87. The molecular weight excluding hydrogens is 292 g/mol. The zero-order valence-electron chi connectivity index (χ0n) is 12.2. The van der Waals surface area contributed by atoms with Crippen LogP contribution in [-0.4, -0.2) is 21.5 Å². The van der Waals surface area contributed by atoms with Crippen molar-refractivity contribution in [2.75, 3.05) is 0 Å². The number of amidine groups is 1. The van der Waals surface area contributed by atoms with Crippen molar-refractivity contribution in [1.29, 1.82) is 10.9 Å². The van der Waals surface area contributed by atoms with Gasteiger partial charge in [0.25, 0.3) is 0 Å². The highest BCUT2D eigenvalue weighted by atomic mass is 16.4. The van der Waals surface area contributed by atoms with Gasteiger partial charge in [-0.3, -0.25) is 5.41 Å². The van der Waals surface area contributed by atoms with Crippen LogP contribution in [0.5, 0.6) is 0 Å². The van der Waals surface area contributed by atoms with Gasteiger partial charge in [-0.1, -0.05) is 12.1 Å². The molecule has 0 aliphatic rings. The second-order valence-electron chi connectivity index (χ2n) is 5.18. The molecule has 0 aliphatic heterocycles. The average Bonchev–Trinajstić information content (AvgIpc) is 2.96. The SMILES string of the molecule is N=NC(=N)c1ccc2c(ccn2Cc2ccc(C(=O)O)cc2)c1. The highest BCUT2D eigenvalue weighted by Crippen LogP contribution is 2.20. The number of fused-ring (bicyclic) bond motifs is 1. The topological polar surface area (TPSA) is 102 Å². The van der Waals surface area contributed by atoms with Crippen molar-refractivity contribution in [2.24, 2.45) is 5.11 Å². The minimum absolute atomic E-state index is 0.0658. The summed E-state index contributed by atoms with van der Waals surface area (Å²) in [7, 11) is 0. The lowest BCUT2D eigenvalue weighted by Gasteiger charge is -2.07. The second kappa shape index (κ2) is 5.84. The molecule has 3 aromatic rings. The summed E-state index contributed by atoms with van der Waals surface area (Å²) in [5, 5.41) is 20.6. The molecule has 0 amide bonds. The maximum atomic E-state index is 10.9. The van der Waals surface area contributed by atoms with E-state index in [1.165, 1.54) is 0 Å². The smallest absolute Gasteiger partial charge is 0.335 e. The van der Waals surface area contributed by atoms with E-state index in [1.807, 2.05) is 24.4 Å². The van der Waals surface area contributed by atoms with E-state index in [4.69, 9.17) is 16.0 Å². The number of rotatable bonds is 4. The molecule has 0 saturated heterocycles. The van der Waals surface area contributed by atoms with Crippen LogP contribution in [0.4, 0.5) is 0 Å². The Morgan fingerprint density at radius 2 is 1.78 bits per heavy atom. The van der Waals surface area contributed by atoms with Crippen LogP contribution < -0.4 is 0 Å². The Morgan fingerprint density at radius 3 is 2.43 bits per heavy atom. The van der Waals surface area contributed by atoms with Crippen LogP contribution in [-0.2, 0) is 6.54 Å². The lowest BCUT2D eigenvalue weighted by molar-refractivity contribution is 0.0697. The summed E-state index contributed by atoms with van der Waals surface area (Å²) in [6, 6.07) is 14.2. The minimum Gasteiger partial charge on any atom is -0.478 e. The molecule has 0 atom stereocenters. The Bertz CT molecular complexity index is 910. The molecule has 6 nitrogen and oxygen atoms in total. The third-order valence-corrected chi connectivity index (χ3v) is 3.71. The zero-order valence-corrected chi connectivity index (χ0v) is 12.2. The van der Waals surface area contributed by atoms with Gasteiger partial charge in [-0.15, -0.1) is 5.11 Å². The first-order chi connectivity index (χ1) is 11.1. The van der Waals surface area contributed by atoms with E-state index < -0.39 is 5.97 Å². The number of carbonyl (C=O) groups is 1. The van der Waals surface area contributed by atoms with Gasteiger partial charge in [-0.25, -0.2) is 10.3 Å². The lowest BCUT2D eigenvalue weighted by Crippen LogP contribution is -2.00. The fourth-order valence-corrected chi connectivity index (χ4v) is 2.50. The summed E-state index contributed by atoms with van der Waals surface area (Å²) in [6.45, 7) is 0.628. The fourth-order valence-electron chi connectivity index (χ4n) is 2.50. The summed E-state index contributed by atoms with van der Waals surface area (Å²) in [5.41, 5.74) is 9.80. The normalized spacial score (nSPS) is 10.6. The molecule has 0 bridgehead atoms. The van der Waals surface area contributed by atoms with E-state index >= 15 is 0 Å². The predicted octanol–water partition coefficient (Wildman–Crippen LogP) is 3.74. The van der Waals surface area contributed by atoms with Crippen LogP contribution in [0.1, 0.15) is 21.5 Å². The van der Waals surface area contributed by atoms with Gasteiger partial charge in [0.15, 0.2) is 5.84 Å². The van der Waals surface area contributed by atoms with Gasteiger partial charge in [0.1, 0.15) is 0 Å². The molecular formula is C17H14N4O2. The largest absolute Gasteiger partial charge is 0.478 e. The maximum Gasteiger partial charge on any atom is 0.335 e. The van der Waals surface area contributed by atoms with Crippen molar-refractivity contribution < 1.29 is 9.90 Å². The molecule has 23 heavy (non-hydrogen) atoms. The Morgan fingerprint density at radius 1 is 1.09 bits per heavy atom. The van der Waals surface area contributed by atoms with E-state index in [0.29, 0.717) is 12.1 Å². The summed E-state index contributed by atoms with van der Waals surface area (Å²) in [5.74, 6) is -0.998. The highest BCUT2D eigenvalue weighted by molar-refractivity contribution is 5.99. The van der Waals surface area contributed by atoms with Gasteiger partial charge in [0.2, 0.25) is 0 Å². The number of nitrogens with zero attached hydrogens (tertiary/aromatic N) is 2. The van der Waals surface area contributed by atoms with Gasteiger partial charge >= 0.3 is 5.97 Å². The molecule has 1 heterocycles. The van der Waals surface area contributed by atoms with E-state index in [-0.39, 0.29) is 11.4 Å². The van der Waals surface area contributed by atoms with Crippen LogP contribution in [0, 0.1) is 10.9 Å². The third-order valence-electron chi connectivity index (χ3n) is 3.71. The summed E-state index contributed by atoms with van der Waals surface area (Å²) >= 11 is 0. The number of carboxylic acids is 1. The number of hydrogen-bond donors (Lipinski definition) is 3. The van der Waals surface area contributed by atoms with Gasteiger partial charge in [-0.2, -0.15) is 0 Å². The van der Waals surface area contributed by atoms with Crippen molar-refractivity contribution in [3.8, 4) is 0 Å². The summed E-state index contributed by atoms with van der Waals surface area (Å²) < 4.78 is 2.05. The first kappa shape index (κ1) is 14.6. The van der Waals surface area contributed by atoms with Crippen molar-refractivity contribution in [1.82, 2.24) is 4.57 Å². The fraction of sp³-hybridized carbons (Fsp3) is 0.0588. The molecule has 3 N–H and O–H groups in total. The monoisotopic (exact) mass is 306 g/mol. The number of hydrogen-bond acceptors (Lipinski definition) is 3. The first-order valence-electron chi connectivity index (χ1n) is 6.96. The Balaban J connectivity index is 1.90. The molecule has 2 aromatic carbocycles. The van der Waals surface area contributed by atoms with Crippen LogP contribution >= 0.6 is 0 Å². The zero-order chi connectivity index (χ0) is 16.4. The predicted molar refractivity (Wildman–Crippen MR) is 86.4 cm³/mol. The molecule has 0 spiro atoms. The summed E-state index contributed by atoms with van der Waals surface area (Å²) in [4.78, 5) is 10.9. The van der Waals surface area contributed by atoms with Gasteiger partial charge in [0.05, 0.1) is 5.56 Å².